The Hall–Kier alpha value is -1.63. The average molecular weight is 185 g/mol. The van der Waals surface area contributed by atoms with Crippen molar-refractivity contribution in [3.63, 3.8) is 0 Å². The molecule has 0 atom stereocenters. The van der Waals surface area contributed by atoms with Gasteiger partial charge in [-0.2, -0.15) is 0 Å². The van der Waals surface area contributed by atoms with Gasteiger partial charge in [-0.3, -0.25) is 0 Å². The van der Waals surface area contributed by atoms with E-state index in [9.17, 15) is 4.39 Å². The van der Waals surface area contributed by atoms with Crippen LogP contribution in [-0.4, -0.2) is 0 Å². The lowest BCUT2D eigenvalue weighted by Crippen LogP contribution is -1.87. The van der Waals surface area contributed by atoms with E-state index in [1.807, 2.05) is 24.3 Å². The molecule has 0 nitrogen and oxygen atoms in total. The maximum absolute atomic E-state index is 12.6. The summed E-state index contributed by atoms with van der Waals surface area (Å²) in [7, 11) is 0. The predicted molar refractivity (Wildman–Crippen MR) is 54.5 cm³/mol. The van der Waals surface area contributed by atoms with Crippen molar-refractivity contribution in [3.05, 3.63) is 71.5 Å². The molecule has 0 aliphatic carbocycles. The van der Waals surface area contributed by atoms with Crippen molar-refractivity contribution in [3.8, 4) is 0 Å². The molecule has 2 aromatic rings. The van der Waals surface area contributed by atoms with Crippen molar-refractivity contribution in [1.82, 2.24) is 0 Å². The van der Waals surface area contributed by atoms with E-state index in [0.717, 1.165) is 17.5 Å². The standard InChI is InChI=1S/C13H10F/c14-13-8-6-12(7-9-13)10-11-4-2-1-3-5-11/h1-4,6-9H,10H2. The maximum Gasteiger partial charge on any atom is 0.123 e. The van der Waals surface area contributed by atoms with Crippen molar-refractivity contribution in [2.24, 2.45) is 0 Å². The molecule has 2 rings (SSSR count). The summed E-state index contributed by atoms with van der Waals surface area (Å²) in [6.07, 6.45) is 0.807. The van der Waals surface area contributed by atoms with Crippen molar-refractivity contribution in [2.45, 2.75) is 6.42 Å². The molecule has 0 bridgehead atoms. The number of benzene rings is 2. The van der Waals surface area contributed by atoms with Crippen LogP contribution in [0.1, 0.15) is 11.1 Å². The summed E-state index contributed by atoms with van der Waals surface area (Å²) in [5.74, 6) is -0.189. The van der Waals surface area contributed by atoms with E-state index in [2.05, 4.69) is 6.07 Å². The van der Waals surface area contributed by atoms with Gasteiger partial charge in [-0.25, -0.2) is 4.39 Å². The topological polar surface area (TPSA) is 0 Å². The Balaban J connectivity index is 2.16. The molecule has 0 saturated carbocycles. The predicted octanol–water partition coefficient (Wildman–Crippen LogP) is 3.22. The second-order valence-corrected chi connectivity index (χ2v) is 3.19. The summed E-state index contributed by atoms with van der Waals surface area (Å²) in [6.45, 7) is 0. The molecule has 0 fully saturated rings. The highest BCUT2D eigenvalue weighted by Crippen LogP contribution is 2.09. The third kappa shape index (κ3) is 2.19. The minimum Gasteiger partial charge on any atom is -0.207 e. The molecule has 2 aromatic carbocycles. The molecule has 0 spiro atoms. The van der Waals surface area contributed by atoms with Gasteiger partial charge >= 0.3 is 0 Å². The first-order chi connectivity index (χ1) is 6.84. The van der Waals surface area contributed by atoms with Gasteiger partial charge in [0.1, 0.15) is 5.82 Å². The molecule has 0 heterocycles. The van der Waals surface area contributed by atoms with E-state index in [-0.39, 0.29) is 5.82 Å². The first-order valence-corrected chi connectivity index (χ1v) is 4.54. The van der Waals surface area contributed by atoms with Crippen LogP contribution in [0.2, 0.25) is 0 Å². The van der Waals surface area contributed by atoms with Crippen LogP contribution in [0.15, 0.2) is 48.5 Å². The van der Waals surface area contributed by atoms with Crippen LogP contribution < -0.4 is 0 Å². The molecular formula is C13H10F. The molecule has 0 aliphatic heterocycles. The Morgan fingerprint density at radius 2 is 1.79 bits per heavy atom. The smallest absolute Gasteiger partial charge is 0.123 e. The number of halogens is 1. The Bertz CT molecular complexity index is 389. The number of hydrogen-bond acceptors (Lipinski definition) is 0. The summed E-state index contributed by atoms with van der Waals surface area (Å²) >= 11 is 0. The van der Waals surface area contributed by atoms with E-state index < -0.39 is 0 Å². The van der Waals surface area contributed by atoms with E-state index in [4.69, 9.17) is 0 Å². The van der Waals surface area contributed by atoms with Gasteiger partial charge in [0.25, 0.3) is 0 Å². The fourth-order valence-corrected chi connectivity index (χ4v) is 1.36. The Morgan fingerprint density at radius 3 is 2.43 bits per heavy atom. The average Bonchev–Trinajstić information content (AvgIpc) is 2.23. The van der Waals surface area contributed by atoms with Gasteiger partial charge < -0.3 is 0 Å². The lowest BCUT2D eigenvalue weighted by atomic mass is 10.1. The van der Waals surface area contributed by atoms with Gasteiger partial charge in [-0.1, -0.05) is 36.4 Å². The zero-order valence-electron chi connectivity index (χ0n) is 7.70. The van der Waals surface area contributed by atoms with E-state index in [0.29, 0.717) is 0 Å². The molecule has 1 heteroatoms. The van der Waals surface area contributed by atoms with E-state index in [1.165, 1.54) is 12.1 Å². The highest BCUT2D eigenvalue weighted by atomic mass is 19.1. The summed E-state index contributed by atoms with van der Waals surface area (Å²) in [6, 6.07) is 17.5. The minimum absolute atomic E-state index is 0.189. The fraction of sp³-hybridized carbons (Fsp3) is 0.0769. The lowest BCUT2D eigenvalue weighted by molar-refractivity contribution is 0.627. The Labute approximate surface area is 83.0 Å². The zero-order valence-corrected chi connectivity index (χ0v) is 7.70. The maximum atomic E-state index is 12.6. The van der Waals surface area contributed by atoms with Crippen molar-refractivity contribution < 1.29 is 4.39 Å². The third-order valence-corrected chi connectivity index (χ3v) is 2.08. The van der Waals surface area contributed by atoms with Crippen LogP contribution in [0.3, 0.4) is 0 Å². The molecule has 0 unspecified atom stereocenters. The second-order valence-electron chi connectivity index (χ2n) is 3.19. The monoisotopic (exact) mass is 185 g/mol. The zero-order chi connectivity index (χ0) is 9.80. The van der Waals surface area contributed by atoms with Crippen LogP contribution in [0.4, 0.5) is 4.39 Å². The lowest BCUT2D eigenvalue weighted by Gasteiger charge is -2.00. The molecule has 0 N–H and O–H groups in total. The summed E-state index contributed by atoms with van der Waals surface area (Å²) in [4.78, 5) is 0. The second kappa shape index (κ2) is 4.05. The molecular weight excluding hydrogens is 175 g/mol. The van der Waals surface area contributed by atoms with Crippen molar-refractivity contribution in [2.75, 3.05) is 0 Å². The van der Waals surface area contributed by atoms with Gasteiger partial charge in [-0.15, -0.1) is 0 Å². The van der Waals surface area contributed by atoms with Gasteiger partial charge in [0.05, 0.1) is 0 Å². The fourth-order valence-electron chi connectivity index (χ4n) is 1.36. The highest BCUT2D eigenvalue weighted by Gasteiger charge is 1.95. The molecule has 0 aromatic heterocycles. The summed E-state index contributed by atoms with van der Waals surface area (Å²) in [5, 5.41) is 0. The van der Waals surface area contributed by atoms with Crippen LogP contribution in [0.5, 0.6) is 0 Å². The van der Waals surface area contributed by atoms with Crippen LogP contribution in [0.25, 0.3) is 0 Å². The van der Waals surface area contributed by atoms with Gasteiger partial charge in [-0.05, 0) is 35.7 Å². The Morgan fingerprint density at radius 1 is 1.00 bits per heavy atom. The first-order valence-electron chi connectivity index (χ1n) is 4.54. The third-order valence-electron chi connectivity index (χ3n) is 2.08. The highest BCUT2D eigenvalue weighted by molar-refractivity contribution is 5.25. The van der Waals surface area contributed by atoms with Gasteiger partial charge in [0, 0.05) is 0 Å². The SMILES string of the molecule is Fc1ccc(Cc2[c]cccc2)cc1. The quantitative estimate of drug-likeness (QED) is 0.674. The van der Waals surface area contributed by atoms with E-state index in [1.54, 1.807) is 12.1 Å². The molecule has 0 amide bonds. The molecule has 0 aliphatic rings. The summed E-state index contributed by atoms with van der Waals surface area (Å²) in [5.41, 5.74) is 2.23. The van der Waals surface area contributed by atoms with Crippen LogP contribution in [0, 0.1) is 11.9 Å². The Kier molecular flexibility index (Phi) is 2.59. The summed E-state index contributed by atoms with van der Waals surface area (Å²) < 4.78 is 12.6. The minimum atomic E-state index is -0.189. The van der Waals surface area contributed by atoms with Crippen molar-refractivity contribution in [1.29, 1.82) is 0 Å². The van der Waals surface area contributed by atoms with Crippen LogP contribution >= 0.6 is 0 Å². The van der Waals surface area contributed by atoms with E-state index >= 15 is 0 Å². The molecule has 1 radical (unpaired) electrons. The molecule has 69 valence electrons. The molecule has 0 saturated heterocycles. The van der Waals surface area contributed by atoms with Gasteiger partial charge in [0.15, 0.2) is 0 Å². The largest absolute Gasteiger partial charge is 0.207 e. The molecule has 14 heavy (non-hydrogen) atoms. The first kappa shape index (κ1) is 8.95. The normalized spacial score (nSPS) is 10.1. The number of rotatable bonds is 2. The van der Waals surface area contributed by atoms with Crippen LogP contribution in [-0.2, 0) is 6.42 Å². The van der Waals surface area contributed by atoms with Crippen molar-refractivity contribution >= 4 is 0 Å². The number of hydrogen-bond donors (Lipinski definition) is 0. The van der Waals surface area contributed by atoms with Gasteiger partial charge in [0.2, 0.25) is 0 Å².